The molecule has 0 aliphatic heterocycles. The van der Waals surface area contributed by atoms with E-state index in [-0.39, 0.29) is 23.6 Å². The molecule has 2 N–H and O–H groups in total. The number of terminal acetylenes is 1. The van der Waals surface area contributed by atoms with Crippen molar-refractivity contribution in [3.8, 4) is 12.3 Å². The SMILES string of the molecule is C#CCC(N)C(=O)Cc1cccc(F)c1Cl. The van der Waals surface area contributed by atoms with Crippen LogP contribution in [0, 0.1) is 18.2 Å². The lowest BCUT2D eigenvalue weighted by Crippen LogP contribution is -2.31. The molecule has 1 atom stereocenters. The van der Waals surface area contributed by atoms with Gasteiger partial charge >= 0.3 is 0 Å². The molecule has 84 valence electrons. The molecule has 0 saturated heterocycles. The molecule has 1 rings (SSSR count). The summed E-state index contributed by atoms with van der Waals surface area (Å²) in [7, 11) is 0. The second kappa shape index (κ2) is 5.64. The highest BCUT2D eigenvalue weighted by Crippen LogP contribution is 2.20. The van der Waals surface area contributed by atoms with E-state index in [0.29, 0.717) is 5.56 Å². The Bertz CT molecular complexity index is 439. The zero-order chi connectivity index (χ0) is 12.1. The summed E-state index contributed by atoms with van der Waals surface area (Å²) in [5, 5.41) is -0.0382. The van der Waals surface area contributed by atoms with Crippen molar-refractivity contribution in [2.45, 2.75) is 18.9 Å². The van der Waals surface area contributed by atoms with Gasteiger partial charge in [0.1, 0.15) is 5.82 Å². The molecule has 0 spiro atoms. The molecule has 0 aromatic heterocycles. The van der Waals surface area contributed by atoms with Crippen molar-refractivity contribution in [3.63, 3.8) is 0 Å². The summed E-state index contributed by atoms with van der Waals surface area (Å²) < 4.78 is 13.1. The summed E-state index contributed by atoms with van der Waals surface area (Å²) in [6.07, 6.45) is 5.22. The normalized spacial score (nSPS) is 11.9. The predicted molar refractivity (Wildman–Crippen MR) is 61.5 cm³/mol. The number of carbonyl (C=O) groups is 1. The van der Waals surface area contributed by atoms with Gasteiger partial charge in [0.25, 0.3) is 0 Å². The lowest BCUT2D eigenvalue weighted by atomic mass is 10.0. The van der Waals surface area contributed by atoms with Crippen molar-refractivity contribution in [2.24, 2.45) is 5.73 Å². The second-order valence-corrected chi connectivity index (χ2v) is 3.75. The highest BCUT2D eigenvalue weighted by atomic mass is 35.5. The van der Waals surface area contributed by atoms with Gasteiger partial charge in [-0.05, 0) is 11.6 Å². The molecule has 0 fully saturated rings. The van der Waals surface area contributed by atoms with E-state index in [9.17, 15) is 9.18 Å². The van der Waals surface area contributed by atoms with Crippen LogP contribution in [-0.2, 0) is 11.2 Å². The van der Waals surface area contributed by atoms with Gasteiger partial charge in [-0.2, -0.15) is 0 Å². The number of ketones is 1. The van der Waals surface area contributed by atoms with Crippen LogP contribution in [0.25, 0.3) is 0 Å². The quantitative estimate of drug-likeness (QED) is 0.816. The van der Waals surface area contributed by atoms with Crippen LogP contribution in [0.2, 0.25) is 5.02 Å². The lowest BCUT2D eigenvalue weighted by molar-refractivity contribution is -0.119. The fraction of sp³-hybridized carbons (Fsp3) is 0.250. The van der Waals surface area contributed by atoms with Gasteiger partial charge in [-0.15, -0.1) is 12.3 Å². The third-order valence-electron chi connectivity index (χ3n) is 2.15. The van der Waals surface area contributed by atoms with E-state index in [1.54, 1.807) is 6.07 Å². The number of rotatable bonds is 4. The maximum absolute atomic E-state index is 13.1. The van der Waals surface area contributed by atoms with Crippen LogP contribution in [-0.4, -0.2) is 11.8 Å². The lowest BCUT2D eigenvalue weighted by Gasteiger charge is -2.08. The van der Waals surface area contributed by atoms with Crippen molar-refractivity contribution >= 4 is 17.4 Å². The number of halogens is 2. The van der Waals surface area contributed by atoms with E-state index < -0.39 is 11.9 Å². The molecular formula is C12H11ClFNO. The van der Waals surface area contributed by atoms with Gasteiger partial charge in [-0.3, -0.25) is 4.79 Å². The largest absolute Gasteiger partial charge is 0.321 e. The van der Waals surface area contributed by atoms with E-state index in [2.05, 4.69) is 5.92 Å². The minimum Gasteiger partial charge on any atom is -0.321 e. The Kier molecular flexibility index (Phi) is 4.48. The van der Waals surface area contributed by atoms with Crippen molar-refractivity contribution in [3.05, 3.63) is 34.6 Å². The molecule has 1 aromatic carbocycles. The van der Waals surface area contributed by atoms with E-state index in [0.717, 1.165) is 0 Å². The Labute approximate surface area is 98.6 Å². The van der Waals surface area contributed by atoms with Gasteiger partial charge in [0.15, 0.2) is 5.78 Å². The van der Waals surface area contributed by atoms with Gasteiger partial charge in [0.05, 0.1) is 11.1 Å². The first-order chi connectivity index (χ1) is 7.56. The van der Waals surface area contributed by atoms with Crippen LogP contribution in [0.15, 0.2) is 18.2 Å². The molecule has 4 heteroatoms. The van der Waals surface area contributed by atoms with E-state index in [1.165, 1.54) is 12.1 Å². The minimum atomic E-state index is -0.718. The first-order valence-corrected chi connectivity index (χ1v) is 5.08. The zero-order valence-electron chi connectivity index (χ0n) is 8.54. The number of carbonyl (C=O) groups excluding carboxylic acids is 1. The maximum Gasteiger partial charge on any atom is 0.154 e. The van der Waals surface area contributed by atoms with Crippen LogP contribution < -0.4 is 5.73 Å². The minimum absolute atomic E-state index is 0.000556. The smallest absolute Gasteiger partial charge is 0.154 e. The van der Waals surface area contributed by atoms with Crippen LogP contribution in [0.4, 0.5) is 4.39 Å². The molecular weight excluding hydrogens is 229 g/mol. The molecule has 1 unspecified atom stereocenters. The first kappa shape index (κ1) is 12.7. The summed E-state index contributed by atoms with van der Waals surface area (Å²) in [6.45, 7) is 0. The van der Waals surface area contributed by atoms with Crippen molar-refractivity contribution < 1.29 is 9.18 Å². The molecule has 0 heterocycles. The van der Waals surface area contributed by atoms with E-state index in [1.807, 2.05) is 0 Å². The molecule has 16 heavy (non-hydrogen) atoms. The Morgan fingerprint density at radius 3 is 2.94 bits per heavy atom. The van der Waals surface area contributed by atoms with Crippen molar-refractivity contribution in [1.82, 2.24) is 0 Å². The average molecular weight is 240 g/mol. The molecule has 0 saturated carbocycles. The van der Waals surface area contributed by atoms with Gasteiger partial charge in [0, 0.05) is 12.8 Å². The highest BCUT2D eigenvalue weighted by molar-refractivity contribution is 6.31. The molecule has 2 nitrogen and oxygen atoms in total. The molecule has 0 bridgehead atoms. The Balaban J connectivity index is 2.78. The third-order valence-corrected chi connectivity index (χ3v) is 2.57. The van der Waals surface area contributed by atoms with E-state index in [4.69, 9.17) is 23.8 Å². The Morgan fingerprint density at radius 2 is 2.31 bits per heavy atom. The monoisotopic (exact) mass is 239 g/mol. The summed E-state index contributed by atoms with van der Waals surface area (Å²) in [4.78, 5) is 11.6. The number of hydrogen-bond donors (Lipinski definition) is 1. The summed E-state index contributed by atoms with van der Waals surface area (Å²) in [6, 6.07) is 3.60. The molecule has 0 radical (unpaired) electrons. The summed E-state index contributed by atoms with van der Waals surface area (Å²) in [5.74, 6) is 1.52. The van der Waals surface area contributed by atoms with Crippen LogP contribution >= 0.6 is 11.6 Å². The van der Waals surface area contributed by atoms with Gasteiger partial charge in [-0.1, -0.05) is 23.7 Å². The van der Waals surface area contributed by atoms with Crippen LogP contribution in [0.5, 0.6) is 0 Å². The number of Topliss-reactive ketones (excluding diaryl/α,β-unsaturated/α-hetero) is 1. The van der Waals surface area contributed by atoms with E-state index >= 15 is 0 Å². The third kappa shape index (κ3) is 3.06. The molecule has 1 aromatic rings. The van der Waals surface area contributed by atoms with Crippen LogP contribution in [0.3, 0.4) is 0 Å². The summed E-state index contributed by atoms with van der Waals surface area (Å²) >= 11 is 5.71. The summed E-state index contributed by atoms with van der Waals surface area (Å²) in [5.41, 5.74) is 5.96. The number of benzene rings is 1. The van der Waals surface area contributed by atoms with Gasteiger partial charge in [-0.25, -0.2) is 4.39 Å². The van der Waals surface area contributed by atoms with Gasteiger partial charge < -0.3 is 5.73 Å². The average Bonchev–Trinajstić information content (AvgIpc) is 2.25. The van der Waals surface area contributed by atoms with Crippen molar-refractivity contribution in [1.29, 1.82) is 0 Å². The van der Waals surface area contributed by atoms with Gasteiger partial charge in [0.2, 0.25) is 0 Å². The predicted octanol–water partition coefficient (Wildman–Crippen LogP) is 1.94. The highest BCUT2D eigenvalue weighted by Gasteiger charge is 2.15. The van der Waals surface area contributed by atoms with Crippen molar-refractivity contribution in [2.75, 3.05) is 0 Å². The Hall–Kier alpha value is -1.37. The fourth-order valence-electron chi connectivity index (χ4n) is 1.24. The van der Waals surface area contributed by atoms with Crippen LogP contribution in [0.1, 0.15) is 12.0 Å². The molecule has 0 amide bonds. The topological polar surface area (TPSA) is 43.1 Å². The second-order valence-electron chi connectivity index (χ2n) is 3.37. The number of nitrogens with two attached hydrogens (primary N) is 1. The molecule has 0 aliphatic rings. The molecule has 0 aliphatic carbocycles. The standard InChI is InChI=1S/C12H11ClFNO/c1-2-4-10(15)11(16)7-8-5-3-6-9(14)12(8)13/h1,3,5-6,10H,4,7,15H2. The Morgan fingerprint density at radius 1 is 1.62 bits per heavy atom. The maximum atomic E-state index is 13.1. The zero-order valence-corrected chi connectivity index (χ0v) is 9.30. The first-order valence-electron chi connectivity index (χ1n) is 4.71. The number of hydrogen-bond acceptors (Lipinski definition) is 2. The fourth-order valence-corrected chi connectivity index (χ4v) is 1.44.